The molecule has 0 radical (unpaired) electrons. The van der Waals surface area contributed by atoms with E-state index < -0.39 is 5.97 Å². The lowest BCUT2D eigenvalue weighted by molar-refractivity contribution is 0.0320. The normalized spacial score (nSPS) is 12.2. The highest BCUT2D eigenvalue weighted by Crippen LogP contribution is 2.25. The zero-order valence-corrected chi connectivity index (χ0v) is 12.9. The maximum absolute atomic E-state index is 12.0. The first-order chi connectivity index (χ1) is 9.06. The summed E-state index contributed by atoms with van der Waals surface area (Å²) in [6.07, 6.45) is 5.41. The summed E-state index contributed by atoms with van der Waals surface area (Å²) >= 11 is 11.9. The molecule has 0 aromatic heterocycles. The Hall–Kier alpha value is -0.730. The van der Waals surface area contributed by atoms with E-state index in [9.17, 15) is 4.79 Å². The van der Waals surface area contributed by atoms with Crippen LogP contribution in [0, 0.1) is 0 Å². The van der Waals surface area contributed by atoms with Crippen molar-refractivity contribution in [2.75, 3.05) is 0 Å². The fourth-order valence-corrected chi connectivity index (χ4v) is 2.40. The summed E-state index contributed by atoms with van der Waals surface area (Å²) in [7, 11) is 0. The molecule has 1 rings (SSSR count). The van der Waals surface area contributed by atoms with Crippen LogP contribution in [0.3, 0.4) is 0 Å². The second-order valence-corrected chi connectivity index (χ2v) is 5.48. The van der Waals surface area contributed by atoms with Crippen LogP contribution in [0.15, 0.2) is 18.2 Å². The van der Waals surface area contributed by atoms with Crippen LogP contribution in [0.1, 0.15) is 56.3 Å². The summed E-state index contributed by atoms with van der Waals surface area (Å²) in [6.45, 7) is 4.07. The third-order valence-electron chi connectivity index (χ3n) is 2.94. The van der Waals surface area contributed by atoms with E-state index in [0.29, 0.717) is 10.0 Å². The van der Waals surface area contributed by atoms with Crippen LogP contribution in [0.5, 0.6) is 0 Å². The van der Waals surface area contributed by atoms with Gasteiger partial charge >= 0.3 is 5.97 Å². The number of ether oxygens (including phenoxy) is 1. The smallest absolute Gasteiger partial charge is 0.341 e. The van der Waals surface area contributed by atoms with Gasteiger partial charge in [-0.1, -0.05) is 55.5 Å². The maximum Gasteiger partial charge on any atom is 0.341 e. The molecule has 1 atom stereocenters. The van der Waals surface area contributed by atoms with Crippen molar-refractivity contribution in [3.8, 4) is 0 Å². The summed E-state index contributed by atoms with van der Waals surface area (Å²) in [6, 6.07) is 4.97. The summed E-state index contributed by atoms with van der Waals surface area (Å²) in [4.78, 5) is 12.0. The average molecular weight is 303 g/mol. The predicted molar refractivity (Wildman–Crippen MR) is 80.1 cm³/mol. The lowest BCUT2D eigenvalue weighted by Crippen LogP contribution is -2.15. The van der Waals surface area contributed by atoms with Gasteiger partial charge in [0.2, 0.25) is 0 Å². The average Bonchev–Trinajstić information content (AvgIpc) is 2.34. The molecule has 0 amide bonds. The predicted octanol–water partition coefficient (Wildman–Crippen LogP) is 5.51. The van der Waals surface area contributed by atoms with Crippen molar-refractivity contribution in [1.82, 2.24) is 0 Å². The second-order valence-electron chi connectivity index (χ2n) is 4.66. The highest BCUT2D eigenvalue weighted by molar-refractivity contribution is 6.39. The van der Waals surface area contributed by atoms with E-state index in [0.717, 1.165) is 12.8 Å². The van der Waals surface area contributed by atoms with Crippen LogP contribution >= 0.6 is 23.2 Å². The Bertz CT molecular complexity index is 398. The van der Waals surface area contributed by atoms with Gasteiger partial charge in [0.05, 0.1) is 21.7 Å². The number of carbonyl (C=O) groups is 1. The van der Waals surface area contributed by atoms with E-state index in [-0.39, 0.29) is 11.7 Å². The minimum Gasteiger partial charge on any atom is -0.459 e. The Morgan fingerprint density at radius 3 is 2.42 bits per heavy atom. The van der Waals surface area contributed by atoms with E-state index in [1.165, 1.54) is 19.3 Å². The maximum atomic E-state index is 12.0. The van der Waals surface area contributed by atoms with Crippen molar-refractivity contribution in [2.24, 2.45) is 0 Å². The van der Waals surface area contributed by atoms with Gasteiger partial charge in [0, 0.05) is 0 Å². The molecule has 0 aliphatic heterocycles. The third kappa shape index (κ3) is 5.42. The largest absolute Gasteiger partial charge is 0.459 e. The number of benzene rings is 1. The number of esters is 1. The molecule has 19 heavy (non-hydrogen) atoms. The third-order valence-corrected chi connectivity index (χ3v) is 3.57. The Kier molecular flexibility index (Phi) is 7.25. The molecule has 0 spiro atoms. The van der Waals surface area contributed by atoms with Gasteiger partial charge < -0.3 is 4.74 Å². The minimum absolute atomic E-state index is 0.114. The molecule has 0 saturated carbocycles. The molecule has 1 aromatic rings. The number of hydrogen-bond donors (Lipinski definition) is 0. The molecular weight excluding hydrogens is 283 g/mol. The van der Waals surface area contributed by atoms with Crippen molar-refractivity contribution in [2.45, 2.75) is 52.1 Å². The molecule has 2 nitrogen and oxygen atoms in total. The first kappa shape index (κ1) is 16.3. The van der Waals surface area contributed by atoms with Gasteiger partial charge in [-0.15, -0.1) is 0 Å². The van der Waals surface area contributed by atoms with Crippen LogP contribution in [0.25, 0.3) is 0 Å². The molecule has 0 heterocycles. The Morgan fingerprint density at radius 1 is 1.21 bits per heavy atom. The fourth-order valence-electron chi connectivity index (χ4n) is 1.85. The molecule has 0 aliphatic carbocycles. The molecule has 106 valence electrons. The highest BCUT2D eigenvalue weighted by Gasteiger charge is 2.18. The first-order valence-electron chi connectivity index (χ1n) is 6.71. The van der Waals surface area contributed by atoms with Crippen molar-refractivity contribution in [3.63, 3.8) is 0 Å². The number of halogens is 2. The molecule has 1 unspecified atom stereocenters. The topological polar surface area (TPSA) is 26.3 Å². The standard InChI is InChI=1S/C15H20Cl2O2/c1-3-4-5-6-8-11(2)19-15(18)14-12(16)9-7-10-13(14)17/h7,9-11H,3-6,8H2,1-2H3. The van der Waals surface area contributed by atoms with Gasteiger partial charge in [-0.3, -0.25) is 0 Å². The number of carbonyl (C=O) groups excluding carboxylic acids is 1. The van der Waals surface area contributed by atoms with E-state index in [1.807, 2.05) is 6.92 Å². The van der Waals surface area contributed by atoms with Gasteiger partial charge in [-0.05, 0) is 31.9 Å². The van der Waals surface area contributed by atoms with Gasteiger partial charge in [0.15, 0.2) is 0 Å². The summed E-state index contributed by atoms with van der Waals surface area (Å²) in [5.41, 5.74) is 0.256. The minimum atomic E-state index is -0.446. The Balaban J connectivity index is 2.50. The zero-order chi connectivity index (χ0) is 14.3. The van der Waals surface area contributed by atoms with Crippen molar-refractivity contribution < 1.29 is 9.53 Å². The molecule has 0 aliphatic rings. The summed E-state index contributed by atoms with van der Waals surface area (Å²) in [5, 5.41) is 0.659. The van der Waals surface area contributed by atoms with E-state index >= 15 is 0 Å². The quantitative estimate of drug-likeness (QED) is 0.490. The number of unbranched alkanes of at least 4 members (excludes halogenated alkanes) is 3. The molecule has 0 fully saturated rings. The lowest BCUT2D eigenvalue weighted by Gasteiger charge is -2.14. The monoisotopic (exact) mass is 302 g/mol. The fraction of sp³-hybridized carbons (Fsp3) is 0.533. The molecule has 0 saturated heterocycles. The van der Waals surface area contributed by atoms with Crippen LogP contribution in [-0.4, -0.2) is 12.1 Å². The van der Waals surface area contributed by atoms with Crippen molar-refractivity contribution in [1.29, 1.82) is 0 Å². The Morgan fingerprint density at radius 2 is 1.84 bits per heavy atom. The van der Waals surface area contributed by atoms with Crippen LogP contribution < -0.4 is 0 Å². The van der Waals surface area contributed by atoms with Gasteiger partial charge in [0.25, 0.3) is 0 Å². The van der Waals surface area contributed by atoms with E-state index in [4.69, 9.17) is 27.9 Å². The van der Waals surface area contributed by atoms with Crippen molar-refractivity contribution in [3.05, 3.63) is 33.8 Å². The molecule has 1 aromatic carbocycles. The van der Waals surface area contributed by atoms with E-state index in [1.54, 1.807) is 18.2 Å². The lowest BCUT2D eigenvalue weighted by atomic mass is 10.1. The van der Waals surface area contributed by atoms with Gasteiger partial charge in [0.1, 0.15) is 0 Å². The first-order valence-corrected chi connectivity index (χ1v) is 7.46. The number of rotatable bonds is 7. The molecule has 0 bridgehead atoms. The Labute approximate surface area is 125 Å². The number of hydrogen-bond acceptors (Lipinski definition) is 2. The summed E-state index contributed by atoms with van der Waals surface area (Å²) in [5.74, 6) is -0.446. The van der Waals surface area contributed by atoms with Crippen molar-refractivity contribution >= 4 is 29.2 Å². The second kappa shape index (κ2) is 8.44. The molecular formula is C15H20Cl2O2. The zero-order valence-electron chi connectivity index (χ0n) is 11.4. The van der Waals surface area contributed by atoms with Gasteiger partial charge in [-0.25, -0.2) is 4.79 Å². The molecule has 0 N–H and O–H groups in total. The SMILES string of the molecule is CCCCCCC(C)OC(=O)c1c(Cl)cccc1Cl. The summed E-state index contributed by atoms with van der Waals surface area (Å²) < 4.78 is 5.37. The van der Waals surface area contributed by atoms with Gasteiger partial charge in [-0.2, -0.15) is 0 Å². The van der Waals surface area contributed by atoms with Crippen LogP contribution in [0.2, 0.25) is 10.0 Å². The molecule has 4 heteroatoms. The highest BCUT2D eigenvalue weighted by atomic mass is 35.5. The van der Waals surface area contributed by atoms with Crippen LogP contribution in [-0.2, 0) is 4.74 Å². The van der Waals surface area contributed by atoms with Crippen LogP contribution in [0.4, 0.5) is 0 Å². The van der Waals surface area contributed by atoms with E-state index in [2.05, 4.69) is 6.92 Å².